The van der Waals surface area contributed by atoms with E-state index in [1.807, 2.05) is 0 Å². The lowest BCUT2D eigenvalue weighted by Crippen LogP contribution is -2.31. The molecule has 0 aliphatic rings. The Balaban J connectivity index is 3.16. The predicted molar refractivity (Wildman–Crippen MR) is 72.6 cm³/mol. The molecule has 0 spiro atoms. The minimum atomic E-state index is -4.44. The number of hydrogen-bond acceptors (Lipinski definition) is 3. The largest absolute Gasteiger partial charge is 0.392 e. The molecule has 0 heterocycles. The fraction of sp³-hybridized carbons (Fsp3) is 0.500. The van der Waals surface area contributed by atoms with E-state index in [-0.39, 0.29) is 15.5 Å². The molecule has 0 bridgehead atoms. The van der Waals surface area contributed by atoms with Crippen molar-refractivity contribution in [2.75, 3.05) is 13.6 Å². The summed E-state index contributed by atoms with van der Waals surface area (Å²) in [5.41, 5.74) is 0.575. The van der Waals surface area contributed by atoms with Crippen LogP contribution in [0.5, 0.6) is 0 Å². The van der Waals surface area contributed by atoms with Gasteiger partial charge in [0.1, 0.15) is 0 Å². The summed E-state index contributed by atoms with van der Waals surface area (Å²) in [6.07, 6.45) is -5.68. The Morgan fingerprint density at radius 1 is 1.33 bits per heavy atom. The zero-order chi connectivity index (χ0) is 16.4. The van der Waals surface area contributed by atoms with Gasteiger partial charge in [0, 0.05) is 18.6 Å². The van der Waals surface area contributed by atoms with E-state index >= 15 is 0 Å². The van der Waals surface area contributed by atoms with Gasteiger partial charge in [-0.25, -0.2) is 12.7 Å². The second-order valence-corrected chi connectivity index (χ2v) is 6.99. The first-order valence-corrected chi connectivity index (χ1v) is 7.74. The van der Waals surface area contributed by atoms with Gasteiger partial charge in [0.2, 0.25) is 10.0 Å². The number of alkyl halides is 3. The van der Waals surface area contributed by atoms with Crippen LogP contribution in [0.1, 0.15) is 17.5 Å². The molecule has 1 aromatic carbocycles. The Kier molecular flexibility index (Phi) is 5.65. The SMILES string of the molecule is Cc1c(CO)cc(Cl)cc1S(=O)(=O)N(C)CCC(F)(F)F. The molecule has 0 radical (unpaired) electrons. The highest BCUT2D eigenvalue weighted by molar-refractivity contribution is 7.89. The predicted octanol–water partition coefficient (Wildman–Crippen LogP) is 2.71. The van der Waals surface area contributed by atoms with E-state index in [0.29, 0.717) is 9.87 Å². The summed E-state index contributed by atoms with van der Waals surface area (Å²) in [5.74, 6) is 0. The lowest BCUT2D eigenvalue weighted by atomic mass is 10.1. The maximum Gasteiger partial charge on any atom is 0.390 e. The Labute approximate surface area is 126 Å². The normalized spacial score (nSPS) is 13.0. The van der Waals surface area contributed by atoms with Crippen molar-refractivity contribution in [2.24, 2.45) is 0 Å². The molecule has 0 fully saturated rings. The average molecular weight is 346 g/mol. The fourth-order valence-corrected chi connectivity index (χ4v) is 3.48. The van der Waals surface area contributed by atoms with Crippen molar-refractivity contribution in [3.63, 3.8) is 0 Å². The molecule has 0 aliphatic carbocycles. The van der Waals surface area contributed by atoms with E-state index in [2.05, 4.69) is 0 Å². The lowest BCUT2D eigenvalue weighted by Gasteiger charge is -2.20. The van der Waals surface area contributed by atoms with Gasteiger partial charge in [0.05, 0.1) is 17.9 Å². The molecule has 21 heavy (non-hydrogen) atoms. The number of nitrogens with zero attached hydrogens (tertiary/aromatic N) is 1. The lowest BCUT2D eigenvalue weighted by molar-refractivity contribution is -0.135. The van der Waals surface area contributed by atoms with E-state index in [9.17, 15) is 21.6 Å². The summed E-state index contributed by atoms with van der Waals surface area (Å²) in [6, 6.07) is 2.57. The van der Waals surface area contributed by atoms with Crippen molar-refractivity contribution < 1.29 is 26.7 Å². The number of aliphatic hydroxyl groups is 1. The first-order chi connectivity index (χ1) is 9.49. The molecule has 0 amide bonds. The quantitative estimate of drug-likeness (QED) is 0.892. The summed E-state index contributed by atoms with van der Waals surface area (Å²) in [4.78, 5) is -0.205. The third-order valence-corrected chi connectivity index (χ3v) is 5.20. The van der Waals surface area contributed by atoms with E-state index in [1.54, 1.807) is 0 Å². The third-order valence-electron chi connectivity index (χ3n) is 3.00. The first kappa shape index (κ1) is 18.2. The summed E-state index contributed by atoms with van der Waals surface area (Å²) >= 11 is 5.79. The van der Waals surface area contributed by atoms with Crippen molar-refractivity contribution >= 4 is 21.6 Å². The van der Waals surface area contributed by atoms with Gasteiger partial charge in [-0.05, 0) is 30.2 Å². The van der Waals surface area contributed by atoms with Gasteiger partial charge < -0.3 is 5.11 Å². The first-order valence-electron chi connectivity index (χ1n) is 5.92. The molecule has 4 nitrogen and oxygen atoms in total. The second kappa shape index (κ2) is 6.51. The Morgan fingerprint density at radius 3 is 2.38 bits per heavy atom. The van der Waals surface area contributed by atoms with Crippen molar-refractivity contribution in [2.45, 2.75) is 31.0 Å². The van der Waals surface area contributed by atoms with E-state index in [4.69, 9.17) is 16.7 Å². The molecule has 120 valence electrons. The molecule has 0 saturated carbocycles. The Hall–Kier alpha value is -0.830. The number of rotatable bonds is 5. The van der Waals surface area contributed by atoms with E-state index < -0.39 is 35.8 Å². The number of aliphatic hydroxyl groups excluding tert-OH is 1. The van der Waals surface area contributed by atoms with Gasteiger partial charge in [-0.1, -0.05) is 11.6 Å². The van der Waals surface area contributed by atoms with Gasteiger partial charge in [0.15, 0.2) is 0 Å². The van der Waals surface area contributed by atoms with Crippen molar-refractivity contribution in [1.29, 1.82) is 0 Å². The number of benzene rings is 1. The van der Waals surface area contributed by atoms with Crippen LogP contribution in [0.15, 0.2) is 17.0 Å². The smallest absolute Gasteiger partial charge is 0.390 e. The molecule has 0 saturated heterocycles. The molecule has 0 aliphatic heterocycles. The maximum atomic E-state index is 12.3. The molecule has 1 N–H and O–H groups in total. The van der Waals surface area contributed by atoms with Crippen LogP contribution in [-0.2, 0) is 16.6 Å². The fourth-order valence-electron chi connectivity index (χ4n) is 1.71. The van der Waals surface area contributed by atoms with Crippen LogP contribution in [0.25, 0.3) is 0 Å². The van der Waals surface area contributed by atoms with Crippen molar-refractivity contribution in [3.05, 3.63) is 28.3 Å². The highest BCUT2D eigenvalue weighted by Gasteiger charge is 2.31. The monoisotopic (exact) mass is 345 g/mol. The van der Waals surface area contributed by atoms with Crippen LogP contribution in [-0.4, -0.2) is 37.6 Å². The standard InChI is InChI=1S/C12H15ClF3NO3S/c1-8-9(7-18)5-10(13)6-11(8)21(19,20)17(2)4-3-12(14,15)16/h5-6,18H,3-4,7H2,1-2H3. The van der Waals surface area contributed by atoms with Gasteiger partial charge >= 0.3 is 6.18 Å². The number of hydrogen-bond donors (Lipinski definition) is 1. The molecule has 0 aromatic heterocycles. The second-order valence-electron chi connectivity index (χ2n) is 4.54. The minimum Gasteiger partial charge on any atom is -0.392 e. The zero-order valence-corrected chi connectivity index (χ0v) is 13.0. The van der Waals surface area contributed by atoms with E-state index in [1.165, 1.54) is 13.0 Å². The molecule has 1 aromatic rings. The summed E-state index contributed by atoms with van der Waals surface area (Å²) in [7, 11) is -3.04. The average Bonchev–Trinajstić information content (AvgIpc) is 2.36. The Morgan fingerprint density at radius 2 is 1.90 bits per heavy atom. The number of sulfonamides is 1. The Bertz CT molecular complexity index is 617. The van der Waals surface area contributed by atoms with Crippen molar-refractivity contribution in [1.82, 2.24) is 4.31 Å². The van der Waals surface area contributed by atoms with Crippen LogP contribution < -0.4 is 0 Å². The van der Waals surface area contributed by atoms with Gasteiger partial charge in [-0.2, -0.15) is 13.2 Å². The molecular formula is C12H15ClF3NO3S. The summed E-state index contributed by atoms with van der Waals surface area (Å²) < 4.78 is 61.8. The van der Waals surface area contributed by atoms with Crippen LogP contribution in [0, 0.1) is 6.92 Å². The minimum absolute atomic E-state index is 0.0902. The highest BCUT2D eigenvalue weighted by atomic mass is 35.5. The molecule has 1 rings (SSSR count). The van der Waals surface area contributed by atoms with Crippen LogP contribution in [0.4, 0.5) is 13.2 Å². The summed E-state index contributed by atoms with van der Waals surface area (Å²) in [5, 5.41) is 9.26. The molecule has 9 heteroatoms. The van der Waals surface area contributed by atoms with Gasteiger partial charge in [-0.3, -0.25) is 0 Å². The zero-order valence-electron chi connectivity index (χ0n) is 11.4. The summed E-state index contributed by atoms with van der Waals surface area (Å²) in [6.45, 7) is 0.361. The van der Waals surface area contributed by atoms with Crippen LogP contribution >= 0.6 is 11.6 Å². The maximum absolute atomic E-state index is 12.3. The van der Waals surface area contributed by atoms with Crippen LogP contribution in [0.3, 0.4) is 0 Å². The number of halogens is 4. The molecular weight excluding hydrogens is 331 g/mol. The van der Waals surface area contributed by atoms with Crippen LogP contribution in [0.2, 0.25) is 5.02 Å². The molecule has 0 atom stereocenters. The highest BCUT2D eigenvalue weighted by Crippen LogP contribution is 2.28. The van der Waals surface area contributed by atoms with Gasteiger partial charge in [-0.15, -0.1) is 0 Å². The topological polar surface area (TPSA) is 57.6 Å². The van der Waals surface area contributed by atoms with E-state index in [0.717, 1.165) is 13.1 Å². The molecule has 0 unspecified atom stereocenters. The van der Waals surface area contributed by atoms with Crippen molar-refractivity contribution in [3.8, 4) is 0 Å². The third kappa shape index (κ3) is 4.57. The van der Waals surface area contributed by atoms with Gasteiger partial charge in [0.25, 0.3) is 0 Å².